The fourth-order valence-electron chi connectivity index (χ4n) is 2.01. The third-order valence-electron chi connectivity index (χ3n) is 2.82. The molecule has 0 radical (unpaired) electrons. The van der Waals surface area contributed by atoms with E-state index in [9.17, 15) is 4.79 Å². The van der Waals surface area contributed by atoms with Crippen LogP contribution in [0.1, 0.15) is 23.3 Å². The van der Waals surface area contributed by atoms with Crippen LogP contribution in [-0.2, 0) is 11.3 Å². The average molecular weight is 244 g/mol. The monoisotopic (exact) mass is 244 g/mol. The smallest absolute Gasteiger partial charge is 0.246 e. The zero-order valence-corrected chi connectivity index (χ0v) is 9.80. The molecule has 92 valence electrons. The molecule has 1 amide bonds. The normalized spacial score (nSPS) is 17.6. The molecule has 0 bridgehead atoms. The van der Waals surface area contributed by atoms with E-state index < -0.39 is 0 Å². The Morgan fingerprint density at radius 1 is 1.44 bits per heavy atom. The molecular formula is C12H12N4O2. The minimum absolute atomic E-state index is 0.0626. The summed E-state index contributed by atoms with van der Waals surface area (Å²) in [6, 6.07) is 7.23. The van der Waals surface area contributed by atoms with Gasteiger partial charge in [0.2, 0.25) is 11.8 Å². The van der Waals surface area contributed by atoms with Gasteiger partial charge in [0, 0.05) is 11.3 Å². The third kappa shape index (κ3) is 1.86. The Hall–Kier alpha value is -2.21. The lowest BCUT2D eigenvalue weighted by atomic mass is 10.1. The zero-order valence-electron chi connectivity index (χ0n) is 9.80. The number of amides is 1. The fourth-order valence-corrected chi connectivity index (χ4v) is 2.01. The summed E-state index contributed by atoms with van der Waals surface area (Å²) < 4.78 is 4.99. The van der Waals surface area contributed by atoms with Gasteiger partial charge in [0.25, 0.3) is 0 Å². The molecule has 1 aliphatic rings. The summed E-state index contributed by atoms with van der Waals surface area (Å²) in [6.07, 6.45) is 0. The van der Waals surface area contributed by atoms with E-state index >= 15 is 0 Å². The van der Waals surface area contributed by atoms with Crippen LogP contribution in [0.25, 0.3) is 0 Å². The van der Waals surface area contributed by atoms with Crippen molar-refractivity contribution >= 4 is 11.6 Å². The van der Waals surface area contributed by atoms with Crippen LogP contribution in [0.4, 0.5) is 5.69 Å². The number of nitrogens with zero attached hydrogens (tertiary/aromatic N) is 2. The molecule has 0 fully saturated rings. The Kier molecular flexibility index (Phi) is 2.56. The van der Waals surface area contributed by atoms with Crippen LogP contribution in [0.3, 0.4) is 0 Å². The topological polar surface area (TPSA) is 80.0 Å². The van der Waals surface area contributed by atoms with Gasteiger partial charge in [-0.1, -0.05) is 23.4 Å². The molecule has 18 heavy (non-hydrogen) atoms. The summed E-state index contributed by atoms with van der Waals surface area (Å²) >= 11 is 0. The second kappa shape index (κ2) is 4.23. The molecule has 3 rings (SSSR count). The Labute approximate surface area is 103 Å². The van der Waals surface area contributed by atoms with Crippen molar-refractivity contribution in [3.05, 3.63) is 41.5 Å². The second-order valence-electron chi connectivity index (χ2n) is 4.13. The van der Waals surface area contributed by atoms with E-state index in [1.54, 1.807) is 6.92 Å². The number of nitrogens with one attached hydrogen (secondary N) is 2. The van der Waals surface area contributed by atoms with Gasteiger partial charge >= 0.3 is 0 Å². The van der Waals surface area contributed by atoms with E-state index in [2.05, 4.69) is 20.8 Å². The lowest BCUT2D eigenvalue weighted by Crippen LogP contribution is -2.27. The molecule has 1 aliphatic heterocycles. The maximum absolute atomic E-state index is 11.8. The standard InChI is InChI=1S/C12H12N4O2/c1-7-14-10(18-16-7)6-13-11-8-4-2-3-5-9(8)15-12(11)17/h2-5,11,13H,6H2,1H3,(H,15,17). The maximum Gasteiger partial charge on any atom is 0.246 e. The molecule has 0 saturated heterocycles. The molecule has 0 aliphatic carbocycles. The first-order valence-corrected chi connectivity index (χ1v) is 5.66. The van der Waals surface area contributed by atoms with Crippen LogP contribution in [0, 0.1) is 6.92 Å². The van der Waals surface area contributed by atoms with Crippen molar-refractivity contribution in [2.75, 3.05) is 5.32 Å². The van der Waals surface area contributed by atoms with Gasteiger partial charge in [0.15, 0.2) is 5.82 Å². The molecule has 1 aromatic carbocycles. The first-order valence-electron chi connectivity index (χ1n) is 5.66. The number of rotatable bonds is 3. The Morgan fingerprint density at radius 3 is 3.06 bits per heavy atom. The molecule has 6 heteroatoms. The van der Waals surface area contributed by atoms with E-state index in [-0.39, 0.29) is 11.9 Å². The molecular weight excluding hydrogens is 232 g/mol. The molecule has 2 N–H and O–H groups in total. The number of para-hydroxylation sites is 1. The van der Waals surface area contributed by atoms with E-state index in [1.165, 1.54) is 0 Å². The van der Waals surface area contributed by atoms with Crippen molar-refractivity contribution in [2.24, 2.45) is 0 Å². The quantitative estimate of drug-likeness (QED) is 0.846. The van der Waals surface area contributed by atoms with Crippen LogP contribution < -0.4 is 10.6 Å². The Balaban J connectivity index is 1.75. The summed E-state index contributed by atoms with van der Waals surface area (Å²) in [7, 11) is 0. The molecule has 2 aromatic rings. The summed E-state index contributed by atoms with van der Waals surface area (Å²) in [5, 5.41) is 9.63. The number of benzene rings is 1. The predicted molar refractivity (Wildman–Crippen MR) is 63.7 cm³/mol. The van der Waals surface area contributed by atoms with Crippen LogP contribution in [0.2, 0.25) is 0 Å². The largest absolute Gasteiger partial charge is 0.338 e. The van der Waals surface area contributed by atoms with Crippen molar-refractivity contribution in [3.63, 3.8) is 0 Å². The molecule has 1 aromatic heterocycles. The van der Waals surface area contributed by atoms with Crippen LogP contribution in [0.15, 0.2) is 28.8 Å². The summed E-state index contributed by atoms with van der Waals surface area (Å²) in [4.78, 5) is 15.9. The number of anilines is 1. The molecule has 1 unspecified atom stereocenters. The highest BCUT2D eigenvalue weighted by Gasteiger charge is 2.29. The van der Waals surface area contributed by atoms with Gasteiger partial charge in [0.1, 0.15) is 6.04 Å². The third-order valence-corrected chi connectivity index (χ3v) is 2.82. The number of carbonyl (C=O) groups is 1. The van der Waals surface area contributed by atoms with Gasteiger partial charge in [-0.15, -0.1) is 0 Å². The van der Waals surface area contributed by atoms with Crippen LogP contribution in [0.5, 0.6) is 0 Å². The van der Waals surface area contributed by atoms with Crippen molar-refractivity contribution in [2.45, 2.75) is 19.5 Å². The summed E-state index contributed by atoms with van der Waals surface area (Å²) in [5.74, 6) is 1.00. The first kappa shape index (κ1) is 10.9. The van der Waals surface area contributed by atoms with Gasteiger partial charge in [-0.2, -0.15) is 4.98 Å². The fraction of sp³-hybridized carbons (Fsp3) is 0.250. The van der Waals surface area contributed by atoms with Crippen molar-refractivity contribution in [3.8, 4) is 0 Å². The molecule has 6 nitrogen and oxygen atoms in total. The van der Waals surface area contributed by atoms with E-state index in [1.807, 2.05) is 24.3 Å². The van der Waals surface area contributed by atoms with Crippen molar-refractivity contribution in [1.29, 1.82) is 0 Å². The number of aryl methyl sites for hydroxylation is 1. The molecule has 0 saturated carbocycles. The van der Waals surface area contributed by atoms with Gasteiger partial charge in [-0.25, -0.2) is 0 Å². The number of hydrogen-bond acceptors (Lipinski definition) is 5. The second-order valence-corrected chi connectivity index (χ2v) is 4.13. The van der Waals surface area contributed by atoms with Gasteiger partial charge < -0.3 is 9.84 Å². The first-order chi connectivity index (χ1) is 8.74. The lowest BCUT2D eigenvalue weighted by Gasteiger charge is -2.08. The van der Waals surface area contributed by atoms with Crippen molar-refractivity contribution in [1.82, 2.24) is 15.5 Å². The lowest BCUT2D eigenvalue weighted by molar-refractivity contribution is -0.117. The Bertz CT molecular complexity index is 593. The minimum atomic E-state index is -0.367. The Morgan fingerprint density at radius 2 is 2.28 bits per heavy atom. The maximum atomic E-state index is 11.8. The van der Waals surface area contributed by atoms with Gasteiger partial charge in [-0.05, 0) is 13.0 Å². The van der Waals surface area contributed by atoms with Gasteiger partial charge in [0.05, 0.1) is 6.54 Å². The van der Waals surface area contributed by atoms with E-state index in [0.29, 0.717) is 18.3 Å². The number of hydrogen-bond donors (Lipinski definition) is 2. The predicted octanol–water partition coefficient (Wildman–Crippen LogP) is 1.16. The number of aromatic nitrogens is 2. The number of fused-ring (bicyclic) bond motifs is 1. The highest BCUT2D eigenvalue weighted by molar-refractivity contribution is 6.02. The van der Waals surface area contributed by atoms with Gasteiger partial charge in [-0.3, -0.25) is 10.1 Å². The SMILES string of the molecule is Cc1noc(CNC2C(=O)Nc3ccccc32)n1. The highest BCUT2D eigenvalue weighted by Crippen LogP contribution is 2.30. The summed E-state index contributed by atoms with van der Waals surface area (Å²) in [5.41, 5.74) is 1.79. The van der Waals surface area contributed by atoms with E-state index in [0.717, 1.165) is 11.3 Å². The van der Waals surface area contributed by atoms with Crippen LogP contribution in [-0.4, -0.2) is 16.0 Å². The van der Waals surface area contributed by atoms with Crippen molar-refractivity contribution < 1.29 is 9.32 Å². The molecule has 0 spiro atoms. The van der Waals surface area contributed by atoms with Crippen LogP contribution >= 0.6 is 0 Å². The zero-order chi connectivity index (χ0) is 12.5. The highest BCUT2D eigenvalue weighted by atomic mass is 16.5. The average Bonchev–Trinajstić information content (AvgIpc) is 2.90. The van der Waals surface area contributed by atoms with E-state index in [4.69, 9.17) is 4.52 Å². The summed E-state index contributed by atoms with van der Waals surface area (Å²) in [6.45, 7) is 2.12. The molecule has 2 heterocycles. The molecule has 1 atom stereocenters. The minimum Gasteiger partial charge on any atom is -0.338 e. The number of carbonyl (C=O) groups excluding carboxylic acids is 1.